The van der Waals surface area contributed by atoms with Gasteiger partial charge < -0.3 is 24.6 Å². The molecule has 2 aromatic carbocycles. The minimum atomic E-state index is -0.569. The third-order valence-corrected chi connectivity index (χ3v) is 4.07. The maximum Gasteiger partial charge on any atom is 0.231 e. The highest BCUT2D eigenvalue weighted by atomic mass is 16.7. The Morgan fingerprint density at radius 1 is 1.08 bits per heavy atom. The Labute approximate surface area is 142 Å². The number of rotatable bonds is 7. The summed E-state index contributed by atoms with van der Waals surface area (Å²) in [5, 5.41) is 13.3. The number of fused-ring (bicyclic) bond motifs is 1. The van der Waals surface area contributed by atoms with Crippen LogP contribution < -0.4 is 19.5 Å². The van der Waals surface area contributed by atoms with Crippen LogP contribution in [0.2, 0.25) is 0 Å². The van der Waals surface area contributed by atoms with Crippen molar-refractivity contribution in [2.24, 2.45) is 0 Å². The Balaban J connectivity index is 1.41. The molecule has 1 unspecified atom stereocenters. The van der Waals surface area contributed by atoms with E-state index in [1.807, 2.05) is 43.3 Å². The summed E-state index contributed by atoms with van der Waals surface area (Å²) < 4.78 is 16.3. The molecule has 0 fully saturated rings. The van der Waals surface area contributed by atoms with E-state index in [9.17, 15) is 5.11 Å². The summed E-state index contributed by atoms with van der Waals surface area (Å²) in [5.74, 6) is 2.33. The highest BCUT2D eigenvalue weighted by molar-refractivity contribution is 5.44. The highest BCUT2D eigenvalue weighted by Gasteiger charge is 2.13. The quantitative estimate of drug-likeness (QED) is 0.817. The van der Waals surface area contributed by atoms with E-state index in [2.05, 4.69) is 12.2 Å². The van der Waals surface area contributed by atoms with E-state index in [0.717, 1.165) is 22.8 Å². The van der Waals surface area contributed by atoms with Crippen LogP contribution in [0.1, 0.15) is 16.7 Å². The van der Waals surface area contributed by atoms with Crippen LogP contribution >= 0.6 is 0 Å². The zero-order valence-corrected chi connectivity index (χ0v) is 14.0. The van der Waals surface area contributed by atoms with Crippen LogP contribution in [-0.2, 0) is 6.54 Å². The van der Waals surface area contributed by atoms with Crippen molar-refractivity contribution < 1.29 is 19.3 Å². The molecule has 0 aliphatic carbocycles. The molecule has 128 valence electrons. The van der Waals surface area contributed by atoms with Gasteiger partial charge in [-0.25, -0.2) is 0 Å². The fraction of sp³-hybridized carbons (Fsp3) is 0.368. The Kier molecular flexibility index (Phi) is 5.23. The van der Waals surface area contributed by atoms with E-state index in [4.69, 9.17) is 14.2 Å². The van der Waals surface area contributed by atoms with Gasteiger partial charge in [-0.05, 0) is 54.8 Å². The van der Waals surface area contributed by atoms with Crippen LogP contribution in [0, 0.1) is 13.8 Å². The second kappa shape index (κ2) is 7.55. The Hall–Kier alpha value is -2.24. The summed E-state index contributed by atoms with van der Waals surface area (Å²) in [7, 11) is 0. The van der Waals surface area contributed by atoms with E-state index >= 15 is 0 Å². The number of nitrogens with one attached hydrogen (secondary N) is 1. The van der Waals surface area contributed by atoms with Crippen LogP contribution in [0.3, 0.4) is 0 Å². The van der Waals surface area contributed by atoms with Crippen LogP contribution in [0.15, 0.2) is 36.4 Å². The number of benzene rings is 2. The Morgan fingerprint density at radius 2 is 1.92 bits per heavy atom. The molecule has 1 aliphatic heterocycles. The molecule has 0 aromatic heterocycles. The van der Waals surface area contributed by atoms with Crippen molar-refractivity contribution >= 4 is 0 Å². The molecular weight excluding hydrogens is 306 g/mol. The van der Waals surface area contributed by atoms with E-state index in [-0.39, 0.29) is 13.4 Å². The summed E-state index contributed by atoms with van der Waals surface area (Å²) in [6.07, 6.45) is -0.569. The first kappa shape index (κ1) is 16.6. The van der Waals surface area contributed by atoms with Crippen molar-refractivity contribution in [3.05, 3.63) is 53.1 Å². The van der Waals surface area contributed by atoms with Crippen LogP contribution in [0.4, 0.5) is 0 Å². The largest absolute Gasteiger partial charge is 0.491 e. The van der Waals surface area contributed by atoms with Crippen LogP contribution in [-0.4, -0.2) is 31.2 Å². The topological polar surface area (TPSA) is 60.0 Å². The predicted octanol–water partition coefficient (Wildman–Crippen LogP) is 2.56. The monoisotopic (exact) mass is 329 g/mol. The van der Waals surface area contributed by atoms with Gasteiger partial charge in [0.2, 0.25) is 6.79 Å². The third-order valence-electron chi connectivity index (χ3n) is 4.07. The second-order valence-electron chi connectivity index (χ2n) is 6.03. The van der Waals surface area contributed by atoms with E-state index in [0.29, 0.717) is 13.1 Å². The number of hydrogen-bond acceptors (Lipinski definition) is 5. The van der Waals surface area contributed by atoms with Crippen molar-refractivity contribution in [2.75, 3.05) is 19.9 Å². The predicted molar refractivity (Wildman–Crippen MR) is 91.7 cm³/mol. The van der Waals surface area contributed by atoms with Gasteiger partial charge in [0.25, 0.3) is 0 Å². The summed E-state index contributed by atoms with van der Waals surface area (Å²) >= 11 is 0. The third kappa shape index (κ3) is 4.19. The molecule has 2 aromatic rings. The molecule has 0 spiro atoms. The van der Waals surface area contributed by atoms with Gasteiger partial charge in [-0.3, -0.25) is 0 Å². The van der Waals surface area contributed by atoms with Crippen molar-refractivity contribution in [3.63, 3.8) is 0 Å². The van der Waals surface area contributed by atoms with Crippen molar-refractivity contribution in [3.8, 4) is 17.2 Å². The fourth-order valence-electron chi connectivity index (χ4n) is 2.49. The summed E-state index contributed by atoms with van der Waals surface area (Å²) in [6, 6.07) is 11.8. The molecule has 1 heterocycles. The van der Waals surface area contributed by atoms with Crippen LogP contribution in [0.5, 0.6) is 17.2 Å². The van der Waals surface area contributed by atoms with Gasteiger partial charge in [-0.2, -0.15) is 0 Å². The smallest absolute Gasteiger partial charge is 0.231 e. The Morgan fingerprint density at radius 3 is 2.75 bits per heavy atom. The van der Waals surface area contributed by atoms with Gasteiger partial charge in [0.1, 0.15) is 18.5 Å². The van der Waals surface area contributed by atoms with Gasteiger partial charge in [0.15, 0.2) is 11.5 Å². The minimum Gasteiger partial charge on any atom is -0.491 e. The van der Waals surface area contributed by atoms with Gasteiger partial charge in [-0.1, -0.05) is 12.1 Å². The van der Waals surface area contributed by atoms with Crippen molar-refractivity contribution in [2.45, 2.75) is 26.5 Å². The second-order valence-corrected chi connectivity index (χ2v) is 6.03. The van der Waals surface area contributed by atoms with E-state index < -0.39 is 6.10 Å². The standard InChI is InChI=1S/C19H23NO4/c1-13-3-5-17(7-14(13)2)22-11-16(21)10-20-9-15-4-6-18-19(8-15)24-12-23-18/h3-8,16,20-21H,9-12H2,1-2H3. The zero-order chi connectivity index (χ0) is 16.9. The molecule has 5 heteroatoms. The van der Waals surface area contributed by atoms with Gasteiger partial charge >= 0.3 is 0 Å². The van der Waals surface area contributed by atoms with E-state index in [1.54, 1.807) is 0 Å². The summed E-state index contributed by atoms with van der Waals surface area (Å²) in [4.78, 5) is 0. The number of aliphatic hydroxyl groups excluding tert-OH is 1. The average Bonchev–Trinajstić information content (AvgIpc) is 3.04. The molecule has 0 saturated heterocycles. The zero-order valence-electron chi connectivity index (χ0n) is 14.0. The molecule has 0 saturated carbocycles. The first-order valence-corrected chi connectivity index (χ1v) is 8.09. The first-order valence-electron chi connectivity index (χ1n) is 8.09. The molecular formula is C19H23NO4. The van der Waals surface area contributed by atoms with Gasteiger partial charge in [0.05, 0.1) is 0 Å². The lowest BCUT2D eigenvalue weighted by Gasteiger charge is -2.14. The number of aryl methyl sites for hydroxylation is 2. The molecule has 1 aliphatic rings. The molecule has 0 bridgehead atoms. The molecule has 1 atom stereocenters. The first-order chi connectivity index (χ1) is 11.6. The molecule has 0 radical (unpaired) electrons. The normalized spacial score (nSPS) is 13.8. The lowest BCUT2D eigenvalue weighted by Crippen LogP contribution is -2.31. The SMILES string of the molecule is Cc1ccc(OCC(O)CNCc2ccc3c(c2)OCO3)cc1C. The summed E-state index contributed by atoms with van der Waals surface area (Å²) in [5.41, 5.74) is 3.50. The lowest BCUT2D eigenvalue weighted by atomic mass is 10.1. The average molecular weight is 329 g/mol. The molecule has 24 heavy (non-hydrogen) atoms. The lowest BCUT2D eigenvalue weighted by molar-refractivity contribution is 0.106. The maximum atomic E-state index is 10.0. The summed E-state index contributed by atoms with van der Waals surface area (Å²) in [6.45, 7) is 5.76. The molecule has 3 rings (SSSR count). The van der Waals surface area contributed by atoms with E-state index in [1.165, 1.54) is 11.1 Å². The van der Waals surface area contributed by atoms with Gasteiger partial charge in [-0.15, -0.1) is 0 Å². The minimum absolute atomic E-state index is 0.261. The Bertz CT molecular complexity index is 702. The van der Waals surface area contributed by atoms with Gasteiger partial charge in [0, 0.05) is 13.1 Å². The number of ether oxygens (including phenoxy) is 3. The van der Waals surface area contributed by atoms with Crippen LogP contribution in [0.25, 0.3) is 0 Å². The molecule has 5 nitrogen and oxygen atoms in total. The van der Waals surface area contributed by atoms with Crippen molar-refractivity contribution in [1.29, 1.82) is 0 Å². The molecule has 0 amide bonds. The fourth-order valence-corrected chi connectivity index (χ4v) is 2.49. The number of hydrogen-bond donors (Lipinski definition) is 2. The highest BCUT2D eigenvalue weighted by Crippen LogP contribution is 2.32. The van der Waals surface area contributed by atoms with Crippen molar-refractivity contribution in [1.82, 2.24) is 5.32 Å². The maximum absolute atomic E-state index is 10.0. The molecule has 2 N–H and O–H groups in total. The number of aliphatic hydroxyl groups is 1.